The van der Waals surface area contributed by atoms with Crippen LogP contribution in [0.25, 0.3) is 0 Å². The molecule has 103 heavy (non-hydrogen) atoms. The summed E-state index contributed by atoms with van der Waals surface area (Å²) in [5.74, 6) is -2.21. The first-order chi connectivity index (χ1) is 48.5. The zero-order valence-corrected chi connectivity index (χ0v) is 58.0. The summed E-state index contributed by atoms with van der Waals surface area (Å²) in [6.45, 7) is 5.78. The van der Waals surface area contributed by atoms with E-state index in [4.69, 9.17) is 34.2 Å². The zero-order chi connectivity index (χ0) is 75.5. The molecular weight excluding hydrogens is 1390 g/mol. The standard InChI is InChI=1S/C27H36F3N5O2.C17H22F2N2O6.C17H24F2N2O4.C7H4F3NO3/c1-27(2)15-18(13-19-7-6-12-35(19)27)32-24-21(28)16-31-26(34-24)33-17-10-11-22(23(14-17)37-25(29)30)36-20-8-4-3-5-9-20;1-17(2,3)27-16(22)20-8-6-12(7-9-20)25-13-5-4-11(21(23)24)10-14(13)26-15(18)19;1-17(2,3)25-16(22)21-8-6-12(7-9-21)23-13-5-4-11(20)10-14(13)24-15(18)19;8-5-2-1-4(11(12)13)3-6(5)14-7(9)10/h10-11,14,16,18-20,25H,3-9,12-13,15H2,1-2H3,(H2,31,32,33,34);4-5,10,12,15H,6-9H2,1-3H3;4-5,10,12,15H,6-9,20H2,1-3H3;1-3,7H/t18-,19+;;;/m1.../s1. The molecule has 0 bridgehead atoms. The number of nitro benzene ring substituents is 2. The highest BCUT2D eigenvalue weighted by atomic mass is 19.3. The Labute approximate surface area is 588 Å². The predicted octanol–water partition coefficient (Wildman–Crippen LogP) is 16.4. The van der Waals surface area contributed by atoms with Crippen molar-refractivity contribution in [3.05, 3.63) is 111 Å². The van der Waals surface area contributed by atoms with Gasteiger partial charge in [-0.15, -0.1) is 0 Å². The van der Waals surface area contributed by atoms with Gasteiger partial charge in [0.1, 0.15) is 23.4 Å². The number of likely N-dealkylation sites (tertiary alicyclic amines) is 2. The highest BCUT2D eigenvalue weighted by molar-refractivity contribution is 5.69. The number of non-ortho nitro benzene ring substituents is 2. The lowest BCUT2D eigenvalue weighted by molar-refractivity contribution is -0.385. The Morgan fingerprint density at radius 1 is 0.563 bits per heavy atom. The Bertz CT molecular complexity index is 3610. The molecule has 568 valence electrons. The third kappa shape index (κ3) is 26.1. The highest BCUT2D eigenvalue weighted by Gasteiger charge is 2.43. The van der Waals surface area contributed by atoms with Gasteiger partial charge >= 0.3 is 38.6 Å². The smallest absolute Gasteiger partial charge is 0.410 e. The second kappa shape index (κ2) is 36.6. The highest BCUT2D eigenvalue weighted by Crippen LogP contribution is 2.41. The summed E-state index contributed by atoms with van der Waals surface area (Å²) in [4.78, 5) is 57.7. The van der Waals surface area contributed by atoms with Gasteiger partial charge in [-0.25, -0.2) is 23.4 Å². The van der Waals surface area contributed by atoms with E-state index in [1.807, 2.05) is 20.8 Å². The number of anilines is 4. The first kappa shape index (κ1) is 80.9. The Kier molecular flexibility index (Phi) is 28.8. The fraction of sp³-hybridized carbons (Fsp3) is 0.559. The Morgan fingerprint density at radius 2 is 1.01 bits per heavy atom. The van der Waals surface area contributed by atoms with Crippen LogP contribution in [0.5, 0.6) is 40.2 Å². The van der Waals surface area contributed by atoms with Gasteiger partial charge in [0, 0.05) is 105 Å². The third-order valence-corrected chi connectivity index (χ3v) is 16.5. The van der Waals surface area contributed by atoms with E-state index in [2.05, 4.69) is 53.6 Å². The number of carbonyl (C=O) groups is 2. The molecule has 5 fully saturated rings. The minimum atomic E-state index is -3.22. The largest absolute Gasteiger partial charge is 0.487 e. The van der Waals surface area contributed by atoms with E-state index in [0.717, 1.165) is 82.3 Å². The number of hydrogen-bond acceptors (Lipinski definition) is 21. The summed E-state index contributed by atoms with van der Waals surface area (Å²) in [5.41, 5.74) is 4.35. The van der Waals surface area contributed by atoms with Crippen molar-refractivity contribution >= 4 is 46.7 Å². The minimum Gasteiger partial charge on any atom is -0.487 e. The number of aromatic nitrogens is 2. The maximum atomic E-state index is 14.7. The van der Waals surface area contributed by atoms with Crippen LogP contribution in [0.1, 0.15) is 139 Å². The molecule has 0 radical (unpaired) electrons. The number of benzene rings is 4. The average Bonchev–Trinajstić information content (AvgIpc) is 1.71. The van der Waals surface area contributed by atoms with Crippen molar-refractivity contribution in [2.45, 2.75) is 212 Å². The molecule has 0 unspecified atom stereocenters. The van der Waals surface area contributed by atoms with Crippen LogP contribution in [0.4, 0.5) is 88.0 Å². The molecule has 2 atom stereocenters. The second-order valence-corrected chi connectivity index (χ2v) is 27.2. The van der Waals surface area contributed by atoms with E-state index in [0.29, 0.717) is 81.4 Å². The number of nitrogens with one attached hydrogen (secondary N) is 2. The number of fused-ring (bicyclic) bond motifs is 1. The van der Waals surface area contributed by atoms with Gasteiger partial charge in [0.25, 0.3) is 11.4 Å². The molecule has 1 aliphatic carbocycles. The number of hydrogen-bond donors (Lipinski definition) is 3. The first-order valence-electron chi connectivity index (χ1n) is 33.3. The molecule has 4 aliphatic heterocycles. The fourth-order valence-corrected chi connectivity index (χ4v) is 12.0. The maximum Gasteiger partial charge on any atom is 0.410 e. The fourth-order valence-electron chi connectivity index (χ4n) is 12.0. The van der Waals surface area contributed by atoms with Crippen molar-refractivity contribution in [2.75, 3.05) is 49.1 Å². The van der Waals surface area contributed by atoms with E-state index in [9.17, 15) is 73.7 Å². The summed E-state index contributed by atoms with van der Waals surface area (Å²) in [5, 5.41) is 27.3. The van der Waals surface area contributed by atoms with Crippen molar-refractivity contribution in [3.63, 3.8) is 0 Å². The third-order valence-electron chi connectivity index (χ3n) is 16.5. The van der Waals surface area contributed by atoms with Crippen molar-refractivity contribution < 1.29 is 106 Å². The second-order valence-electron chi connectivity index (χ2n) is 27.2. The monoisotopic (exact) mass is 1470 g/mol. The topological polar surface area (TPSA) is 289 Å². The SMILES string of the molecule is CC(C)(C)OC(=O)N1CCC(Oc2ccc(N)cc2OC(F)F)CC1.CC(C)(C)OC(=O)N1CCC(Oc2ccc([N+](=O)[O-])cc2OC(F)F)CC1.CC1(C)C[C@H](Nc2nc(Nc3ccc(OC4CCCCC4)c(OC(F)F)c3)ncc2F)C[C@@H]2CCCN21.O=[N+]([O-])c1ccc(F)c(OC(F)F)c1. The van der Waals surface area contributed by atoms with Crippen molar-refractivity contribution in [1.82, 2.24) is 24.7 Å². The molecule has 35 heteroatoms. The predicted molar refractivity (Wildman–Crippen MR) is 356 cm³/mol. The van der Waals surface area contributed by atoms with Gasteiger partial charge < -0.3 is 68.8 Å². The molecule has 5 aliphatic rings. The summed E-state index contributed by atoms with van der Waals surface area (Å²) in [7, 11) is 0. The molecule has 4 saturated heterocycles. The van der Waals surface area contributed by atoms with Crippen LogP contribution < -0.4 is 49.5 Å². The number of piperidine rings is 3. The van der Waals surface area contributed by atoms with Crippen molar-refractivity contribution in [2.24, 2.45) is 0 Å². The van der Waals surface area contributed by atoms with Gasteiger partial charge in [-0.05, 0) is 150 Å². The molecule has 25 nitrogen and oxygen atoms in total. The van der Waals surface area contributed by atoms with Gasteiger partial charge in [-0.3, -0.25) is 25.1 Å². The number of carbonyl (C=O) groups excluding carboxylic acids is 2. The van der Waals surface area contributed by atoms with E-state index in [1.165, 1.54) is 30.7 Å². The molecule has 10 rings (SSSR count). The van der Waals surface area contributed by atoms with E-state index >= 15 is 0 Å². The van der Waals surface area contributed by atoms with Crippen LogP contribution in [0.15, 0.2) is 79.0 Å². The van der Waals surface area contributed by atoms with E-state index < -0.39 is 82.4 Å². The number of nitrogens with zero attached hydrogens (tertiary/aromatic N) is 7. The summed E-state index contributed by atoms with van der Waals surface area (Å²) < 4.78 is 173. The quantitative estimate of drug-likeness (QED) is 0.0282. The number of nitro groups is 2. The van der Waals surface area contributed by atoms with Crippen LogP contribution in [0.3, 0.4) is 0 Å². The lowest BCUT2D eigenvalue weighted by Crippen LogP contribution is -2.55. The Hall–Kier alpha value is -9.44. The molecule has 5 heterocycles. The lowest BCUT2D eigenvalue weighted by Gasteiger charge is -2.47. The number of ether oxygens (including phenoxy) is 9. The van der Waals surface area contributed by atoms with Crippen LogP contribution in [0, 0.1) is 31.9 Å². The Balaban J connectivity index is 0.000000202. The zero-order valence-electron chi connectivity index (χ0n) is 58.0. The molecule has 0 spiro atoms. The van der Waals surface area contributed by atoms with Gasteiger partial charge in [0.15, 0.2) is 57.7 Å². The number of rotatable bonds is 20. The maximum absolute atomic E-state index is 14.7. The van der Waals surface area contributed by atoms with Gasteiger partial charge in [-0.2, -0.15) is 40.1 Å². The van der Waals surface area contributed by atoms with Gasteiger partial charge in [0.2, 0.25) is 5.95 Å². The molecule has 5 aromatic rings. The van der Waals surface area contributed by atoms with Gasteiger partial charge in [-0.1, -0.05) is 6.42 Å². The lowest BCUT2D eigenvalue weighted by atomic mass is 9.84. The van der Waals surface area contributed by atoms with Crippen LogP contribution in [0.2, 0.25) is 0 Å². The van der Waals surface area contributed by atoms with Crippen LogP contribution in [-0.4, -0.2) is 153 Å². The number of amides is 2. The molecule has 2 amide bonds. The Morgan fingerprint density at radius 3 is 1.50 bits per heavy atom. The number of nitrogen functional groups attached to an aromatic ring is 1. The first-order valence-corrected chi connectivity index (χ1v) is 33.3. The summed E-state index contributed by atoms with van der Waals surface area (Å²) >= 11 is 0. The van der Waals surface area contributed by atoms with Crippen molar-refractivity contribution in [1.29, 1.82) is 0 Å². The molecule has 4 aromatic carbocycles. The normalized spacial score (nSPS) is 18.0. The van der Waals surface area contributed by atoms with Crippen molar-refractivity contribution in [3.8, 4) is 40.2 Å². The number of alkyl halides is 8. The molecule has 4 N–H and O–H groups in total. The molecule has 1 saturated carbocycles. The number of halogens is 10. The number of nitrogens with two attached hydrogens (primary N) is 1. The summed E-state index contributed by atoms with van der Waals surface area (Å²) in [6.07, 6.45) is 11.1. The minimum absolute atomic E-state index is 0.00313. The average molecular weight is 1470 g/mol. The van der Waals surface area contributed by atoms with E-state index in [-0.39, 0.29) is 82.2 Å². The van der Waals surface area contributed by atoms with E-state index in [1.54, 1.807) is 48.8 Å². The van der Waals surface area contributed by atoms with Gasteiger partial charge in [0.05, 0.1) is 34.3 Å². The van der Waals surface area contributed by atoms with Crippen LogP contribution >= 0.6 is 0 Å². The molecular formula is C68H86F10N10O15. The van der Waals surface area contributed by atoms with Crippen LogP contribution in [-0.2, 0) is 9.47 Å². The summed E-state index contributed by atoms with van der Waals surface area (Å²) in [6, 6.07) is 15.1. The molecule has 1 aromatic heterocycles.